The Bertz CT molecular complexity index is 1350. The number of fused-ring (bicyclic) bond motifs is 1. The van der Waals surface area contributed by atoms with Crippen molar-refractivity contribution >= 4 is 16.8 Å². The van der Waals surface area contributed by atoms with E-state index in [1.807, 2.05) is 19.1 Å². The Kier molecular flexibility index (Phi) is 8.53. The van der Waals surface area contributed by atoms with Gasteiger partial charge in [0.2, 0.25) is 0 Å². The van der Waals surface area contributed by atoms with Crippen molar-refractivity contribution in [2.45, 2.75) is 71.1 Å². The summed E-state index contributed by atoms with van der Waals surface area (Å²) in [5.74, 6) is 1.60. The average Bonchev–Trinajstić information content (AvgIpc) is 2.97. The normalized spacial score (nSPS) is 17.4. The Morgan fingerprint density at radius 1 is 0.868 bits per heavy atom. The highest BCUT2D eigenvalue weighted by Crippen LogP contribution is 2.37. The lowest BCUT2D eigenvalue weighted by molar-refractivity contribution is 0.0954. The number of pyridine rings is 1. The smallest absolute Gasteiger partial charge is 0.252 e. The first kappa shape index (κ1) is 26.2. The third-order valence-corrected chi connectivity index (χ3v) is 8.34. The first-order chi connectivity index (χ1) is 18.6. The quantitative estimate of drug-likeness (QED) is 0.232. The Hall–Kier alpha value is -3.46. The highest BCUT2D eigenvalue weighted by atomic mass is 16.1. The first-order valence-electron chi connectivity index (χ1n) is 14.4. The lowest BCUT2D eigenvalue weighted by Crippen LogP contribution is -2.25. The van der Waals surface area contributed by atoms with Gasteiger partial charge in [0.15, 0.2) is 0 Å². The molecule has 3 aromatic carbocycles. The molecule has 38 heavy (non-hydrogen) atoms. The molecule has 0 spiro atoms. The summed E-state index contributed by atoms with van der Waals surface area (Å²) in [4.78, 5) is 17.9. The fourth-order valence-corrected chi connectivity index (χ4v) is 5.98. The summed E-state index contributed by atoms with van der Waals surface area (Å²) in [6.45, 7) is 4.97. The van der Waals surface area contributed by atoms with Crippen molar-refractivity contribution in [2.24, 2.45) is 5.92 Å². The molecule has 1 amide bonds. The number of carbonyl (C=O) groups is 1. The number of benzene rings is 3. The largest absolute Gasteiger partial charge is 0.352 e. The van der Waals surface area contributed by atoms with Gasteiger partial charge < -0.3 is 5.32 Å². The fourth-order valence-electron chi connectivity index (χ4n) is 5.98. The molecule has 1 heterocycles. The maximum absolute atomic E-state index is 13.1. The van der Waals surface area contributed by atoms with Gasteiger partial charge in [-0.1, -0.05) is 80.1 Å². The predicted molar refractivity (Wildman–Crippen MR) is 159 cm³/mol. The van der Waals surface area contributed by atoms with Crippen LogP contribution in [0.4, 0.5) is 0 Å². The van der Waals surface area contributed by atoms with E-state index in [0.717, 1.165) is 47.3 Å². The van der Waals surface area contributed by atoms with Crippen LogP contribution in [0, 0.1) is 12.8 Å². The topological polar surface area (TPSA) is 42.0 Å². The molecule has 4 aromatic rings. The van der Waals surface area contributed by atoms with Gasteiger partial charge in [-0.25, -0.2) is 0 Å². The summed E-state index contributed by atoms with van der Waals surface area (Å²) in [7, 11) is 0. The van der Waals surface area contributed by atoms with Crippen molar-refractivity contribution in [1.29, 1.82) is 0 Å². The molecule has 1 fully saturated rings. The van der Waals surface area contributed by atoms with Crippen molar-refractivity contribution in [3.63, 3.8) is 0 Å². The zero-order valence-electron chi connectivity index (χ0n) is 22.9. The molecule has 0 bridgehead atoms. The lowest BCUT2D eigenvalue weighted by atomic mass is 9.77. The molecular formula is C35H40N2O. The number of nitrogens with zero attached hydrogens (tertiary/aromatic N) is 1. The van der Waals surface area contributed by atoms with E-state index in [4.69, 9.17) is 4.98 Å². The summed E-state index contributed by atoms with van der Waals surface area (Å²) in [5.41, 5.74) is 7.61. The lowest BCUT2D eigenvalue weighted by Gasteiger charge is -2.28. The van der Waals surface area contributed by atoms with E-state index in [1.165, 1.54) is 48.8 Å². The van der Waals surface area contributed by atoms with Crippen molar-refractivity contribution in [1.82, 2.24) is 10.3 Å². The molecule has 5 rings (SSSR count). The summed E-state index contributed by atoms with van der Waals surface area (Å²) < 4.78 is 0. The summed E-state index contributed by atoms with van der Waals surface area (Å²) in [6.07, 6.45) is 9.73. The number of hydrogen-bond acceptors (Lipinski definition) is 2. The minimum Gasteiger partial charge on any atom is -0.352 e. The molecule has 0 atom stereocenters. The molecule has 3 nitrogen and oxygen atoms in total. The fraction of sp³-hybridized carbons (Fsp3) is 0.371. The molecular weight excluding hydrogens is 464 g/mol. The predicted octanol–water partition coefficient (Wildman–Crippen LogP) is 8.65. The number of unbranched alkanes of at least 4 members (excludes halogenated alkanes) is 1. The van der Waals surface area contributed by atoms with Gasteiger partial charge in [0.05, 0.1) is 11.1 Å². The summed E-state index contributed by atoms with van der Waals surface area (Å²) in [5, 5.41) is 4.04. The van der Waals surface area contributed by atoms with E-state index in [0.29, 0.717) is 18.0 Å². The minimum atomic E-state index is -0.0184. The molecule has 0 aliphatic heterocycles. The number of aryl methyl sites for hydroxylation is 2. The van der Waals surface area contributed by atoms with Crippen LogP contribution in [0.15, 0.2) is 78.9 Å². The van der Waals surface area contributed by atoms with Crippen molar-refractivity contribution in [3.05, 3.63) is 101 Å². The van der Waals surface area contributed by atoms with Gasteiger partial charge in [-0.15, -0.1) is 0 Å². The first-order valence-corrected chi connectivity index (χ1v) is 14.4. The third-order valence-electron chi connectivity index (χ3n) is 8.34. The van der Waals surface area contributed by atoms with Gasteiger partial charge in [-0.3, -0.25) is 9.78 Å². The maximum Gasteiger partial charge on any atom is 0.252 e. The standard InChI is InChI=1S/C35H40N2O/c1-3-26-12-14-28(15-13-26)29-16-18-30(19-17-29)31-20-21-32-33(23-25(2)37-34(32)24-31)35(38)36-22-8-7-11-27-9-5-4-6-10-27/h4-6,9-10,16-21,23-24,26,28H,3,7-8,11-15,22H2,1-2H3,(H,36,38). The van der Waals surface area contributed by atoms with Crippen LogP contribution in [0.3, 0.4) is 0 Å². The van der Waals surface area contributed by atoms with Crippen molar-refractivity contribution in [3.8, 4) is 11.1 Å². The van der Waals surface area contributed by atoms with Crippen LogP contribution in [-0.4, -0.2) is 17.4 Å². The van der Waals surface area contributed by atoms with Gasteiger partial charge in [-0.2, -0.15) is 0 Å². The highest BCUT2D eigenvalue weighted by Gasteiger charge is 2.21. The second-order valence-corrected chi connectivity index (χ2v) is 11.0. The molecule has 1 saturated carbocycles. The Morgan fingerprint density at radius 2 is 1.61 bits per heavy atom. The van der Waals surface area contributed by atoms with Crippen LogP contribution in [0.1, 0.15) is 85.0 Å². The number of rotatable bonds is 9. The van der Waals surface area contributed by atoms with Gasteiger partial charge in [0.25, 0.3) is 5.91 Å². The maximum atomic E-state index is 13.1. The second kappa shape index (κ2) is 12.4. The van der Waals surface area contributed by atoms with Crippen LogP contribution in [-0.2, 0) is 6.42 Å². The van der Waals surface area contributed by atoms with Gasteiger partial charge in [-0.05, 0) is 98.1 Å². The molecule has 1 aliphatic rings. The average molecular weight is 505 g/mol. The van der Waals surface area contributed by atoms with Crippen LogP contribution in [0.2, 0.25) is 0 Å². The summed E-state index contributed by atoms with van der Waals surface area (Å²) >= 11 is 0. The molecule has 1 aromatic heterocycles. The van der Waals surface area contributed by atoms with E-state index in [9.17, 15) is 4.79 Å². The Labute approximate surface area is 227 Å². The number of carbonyl (C=O) groups excluding carboxylic acids is 1. The molecule has 3 heteroatoms. The summed E-state index contributed by atoms with van der Waals surface area (Å²) in [6, 6.07) is 27.9. The number of amides is 1. The Balaban J connectivity index is 1.24. The van der Waals surface area contributed by atoms with Crippen LogP contribution in [0.5, 0.6) is 0 Å². The second-order valence-electron chi connectivity index (χ2n) is 11.0. The van der Waals surface area contributed by atoms with E-state index >= 15 is 0 Å². The van der Waals surface area contributed by atoms with E-state index in [2.05, 4.69) is 79.0 Å². The molecule has 0 radical (unpaired) electrons. The van der Waals surface area contributed by atoms with Crippen LogP contribution >= 0.6 is 0 Å². The minimum absolute atomic E-state index is 0.0184. The van der Waals surface area contributed by atoms with Gasteiger partial charge in [0, 0.05) is 17.6 Å². The van der Waals surface area contributed by atoms with E-state index < -0.39 is 0 Å². The van der Waals surface area contributed by atoms with E-state index in [1.54, 1.807) is 0 Å². The zero-order valence-corrected chi connectivity index (χ0v) is 22.9. The Morgan fingerprint density at radius 3 is 2.34 bits per heavy atom. The monoisotopic (exact) mass is 504 g/mol. The highest BCUT2D eigenvalue weighted by molar-refractivity contribution is 6.06. The zero-order chi connectivity index (χ0) is 26.3. The van der Waals surface area contributed by atoms with Crippen molar-refractivity contribution < 1.29 is 4.79 Å². The SMILES string of the molecule is CCC1CCC(c2ccc(-c3ccc4c(C(=O)NCCCCc5ccccc5)cc(C)nc4c3)cc2)CC1. The molecule has 196 valence electrons. The van der Waals surface area contributed by atoms with Gasteiger partial charge >= 0.3 is 0 Å². The van der Waals surface area contributed by atoms with Crippen molar-refractivity contribution in [2.75, 3.05) is 6.54 Å². The van der Waals surface area contributed by atoms with Gasteiger partial charge in [0.1, 0.15) is 0 Å². The number of nitrogens with one attached hydrogen (secondary N) is 1. The molecule has 1 N–H and O–H groups in total. The molecule has 0 unspecified atom stereocenters. The van der Waals surface area contributed by atoms with Crippen LogP contribution in [0.25, 0.3) is 22.0 Å². The van der Waals surface area contributed by atoms with Crippen LogP contribution < -0.4 is 5.32 Å². The molecule has 0 saturated heterocycles. The number of hydrogen-bond donors (Lipinski definition) is 1. The molecule has 1 aliphatic carbocycles. The van der Waals surface area contributed by atoms with E-state index in [-0.39, 0.29) is 5.91 Å². The number of aromatic nitrogens is 1. The third kappa shape index (κ3) is 6.32.